The molecule has 0 unspecified atom stereocenters. The van der Waals surface area contributed by atoms with Crippen molar-refractivity contribution in [2.45, 2.75) is 128 Å². The van der Waals surface area contributed by atoms with E-state index in [2.05, 4.69) is 6.92 Å². The molecule has 0 bridgehead atoms. The molecule has 1 aromatic carbocycles. The highest BCUT2D eigenvalue weighted by Gasteiger charge is 2.31. The van der Waals surface area contributed by atoms with Gasteiger partial charge in [-0.1, -0.05) is 71.1 Å². The summed E-state index contributed by atoms with van der Waals surface area (Å²) in [6, 6.07) is 2.42. The summed E-state index contributed by atoms with van der Waals surface area (Å²) in [5.41, 5.74) is 0.642. The van der Waals surface area contributed by atoms with Crippen molar-refractivity contribution in [3.63, 3.8) is 0 Å². The Morgan fingerprint density at radius 1 is 0.588 bits per heavy atom. The van der Waals surface area contributed by atoms with Crippen LogP contribution in [0.4, 0.5) is 13.2 Å². The summed E-state index contributed by atoms with van der Waals surface area (Å²) in [4.78, 5) is 0. The van der Waals surface area contributed by atoms with Crippen LogP contribution in [0.1, 0.15) is 134 Å². The second-order valence-corrected chi connectivity index (χ2v) is 12.2. The van der Waals surface area contributed by atoms with Gasteiger partial charge in [-0.25, -0.2) is 13.2 Å². The third-order valence-electron chi connectivity index (χ3n) is 9.97. The molecule has 4 rings (SSSR count). The maximum absolute atomic E-state index is 13.6. The molecule has 0 atom stereocenters. The normalized spacial score (nSPS) is 32.6. The van der Waals surface area contributed by atoms with Crippen LogP contribution in [0.3, 0.4) is 0 Å². The quantitative estimate of drug-likeness (QED) is 0.246. The van der Waals surface area contributed by atoms with Crippen molar-refractivity contribution in [3.8, 4) is 0 Å². The molecule has 0 heterocycles. The molecule has 0 nitrogen and oxygen atoms in total. The fourth-order valence-corrected chi connectivity index (χ4v) is 7.65. The minimum Gasteiger partial charge on any atom is -0.204 e. The van der Waals surface area contributed by atoms with Gasteiger partial charge in [0.1, 0.15) is 0 Å². The van der Waals surface area contributed by atoms with Crippen LogP contribution in [0.25, 0.3) is 0 Å². The van der Waals surface area contributed by atoms with Gasteiger partial charge >= 0.3 is 0 Å². The van der Waals surface area contributed by atoms with E-state index in [0.29, 0.717) is 5.56 Å². The summed E-state index contributed by atoms with van der Waals surface area (Å²) in [7, 11) is 0. The Morgan fingerprint density at radius 3 is 1.50 bits per heavy atom. The van der Waals surface area contributed by atoms with Crippen molar-refractivity contribution in [1.82, 2.24) is 0 Å². The molecule has 0 aliphatic heterocycles. The van der Waals surface area contributed by atoms with E-state index in [9.17, 15) is 13.2 Å². The average molecular weight is 477 g/mol. The van der Waals surface area contributed by atoms with E-state index < -0.39 is 17.5 Å². The molecule has 3 fully saturated rings. The lowest BCUT2D eigenvalue weighted by molar-refractivity contribution is 0.136. The smallest absolute Gasteiger partial charge is 0.194 e. The Morgan fingerprint density at radius 2 is 1.03 bits per heavy atom. The van der Waals surface area contributed by atoms with E-state index in [1.165, 1.54) is 102 Å². The number of benzene rings is 1. The van der Waals surface area contributed by atoms with Crippen molar-refractivity contribution >= 4 is 0 Å². The zero-order valence-corrected chi connectivity index (χ0v) is 21.5. The first kappa shape index (κ1) is 26.1. The SMILES string of the molecule is CCCCCC1CCC(C2CCC(CCC3CCC(c4cc(F)c(F)c(F)c4)CC3)CC2)CC1. The Hall–Kier alpha value is -0.990. The number of halogens is 3. The van der Waals surface area contributed by atoms with Crippen LogP contribution >= 0.6 is 0 Å². The summed E-state index contributed by atoms with van der Waals surface area (Å²) < 4.78 is 40.5. The Labute approximate surface area is 206 Å². The fraction of sp³-hybridized carbons (Fsp3) is 0.806. The molecular weight excluding hydrogens is 429 g/mol. The molecule has 0 N–H and O–H groups in total. The molecule has 0 aromatic heterocycles. The standard InChI is InChI=1S/C31H47F3/c1-2-3-4-5-22-8-14-25(15-9-22)26-16-10-23(11-17-26)6-7-24-12-18-27(19-13-24)28-20-29(32)31(34)30(33)21-28/h20-27H,2-19H2,1H3. The summed E-state index contributed by atoms with van der Waals surface area (Å²) in [6.45, 7) is 2.31. The maximum atomic E-state index is 13.6. The minimum absolute atomic E-state index is 0.179. The third-order valence-corrected chi connectivity index (χ3v) is 9.97. The number of rotatable bonds is 9. The molecule has 3 heteroatoms. The largest absolute Gasteiger partial charge is 0.204 e. The topological polar surface area (TPSA) is 0 Å². The summed E-state index contributed by atoms with van der Waals surface area (Å²) in [5.74, 6) is 1.45. The fourth-order valence-electron chi connectivity index (χ4n) is 7.65. The number of hydrogen-bond donors (Lipinski definition) is 0. The van der Waals surface area contributed by atoms with Gasteiger partial charge in [0.15, 0.2) is 17.5 Å². The highest BCUT2D eigenvalue weighted by molar-refractivity contribution is 5.23. The molecule has 3 aliphatic rings. The lowest BCUT2D eigenvalue weighted by Gasteiger charge is -2.38. The molecule has 34 heavy (non-hydrogen) atoms. The van der Waals surface area contributed by atoms with Crippen LogP contribution in [-0.4, -0.2) is 0 Å². The predicted molar refractivity (Wildman–Crippen MR) is 135 cm³/mol. The van der Waals surface area contributed by atoms with Gasteiger partial charge in [0.25, 0.3) is 0 Å². The molecule has 3 saturated carbocycles. The Balaban J connectivity index is 1.11. The Bertz CT molecular complexity index is 712. The minimum atomic E-state index is -1.35. The van der Waals surface area contributed by atoms with Crippen molar-refractivity contribution in [2.75, 3.05) is 0 Å². The van der Waals surface area contributed by atoms with Crippen molar-refractivity contribution < 1.29 is 13.2 Å². The molecule has 0 saturated heterocycles. The van der Waals surface area contributed by atoms with E-state index >= 15 is 0 Å². The molecular formula is C31H47F3. The highest BCUT2D eigenvalue weighted by Crippen LogP contribution is 2.44. The van der Waals surface area contributed by atoms with Gasteiger partial charge < -0.3 is 0 Å². The molecule has 0 spiro atoms. The van der Waals surface area contributed by atoms with E-state index in [1.54, 1.807) is 0 Å². The molecule has 1 aromatic rings. The van der Waals surface area contributed by atoms with Crippen LogP contribution in [-0.2, 0) is 0 Å². The number of unbranched alkanes of at least 4 members (excludes halogenated alkanes) is 2. The second kappa shape index (κ2) is 12.8. The van der Waals surface area contributed by atoms with Crippen molar-refractivity contribution in [2.24, 2.45) is 29.6 Å². The molecule has 0 radical (unpaired) electrons. The van der Waals surface area contributed by atoms with E-state index in [1.807, 2.05) is 0 Å². The van der Waals surface area contributed by atoms with Crippen LogP contribution < -0.4 is 0 Å². The van der Waals surface area contributed by atoms with Crippen LogP contribution in [0, 0.1) is 47.0 Å². The van der Waals surface area contributed by atoms with Crippen LogP contribution in [0.5, 0.6) is 0 Å². The van der Waals surface area contributed by atoms with Gasteiger partial charge in [-0.2, -0.15) is 0 Å². The lowest BCUT2D eigenvalue weighted by Crippen LogP contribution is -2.26. The predicted octanol–water partition coefficient (Wildman–Crippen LogP) is 10.4. The van der Waals surface area contributed by atoms with Gasteiger partial charge in [0, 0.05) is 0 Å². The second-order valence-electron chi connectivity index (χ2n) is 12.2. The zero-order chi connectivity index (χ0) is 23.9. The first-order valence-electron chi connectivity index (χ1n) is 14.7. The third kappa shape index (κ3) is 7.03. The van der Waals surface area contributed by atoms with Gasteiger partial charge in [-0.3, -0.25) is 0 Å². The monoisotopic (exact) mass is 476 g/mol. The van der Waals surface area contributed by atoms with Crippen molar-refractivity contribution in [1.29, 1.82) is 0 Å². The maximum Gasteiger partial charge on any atom is 0.194 e. The summed E-state index contributed by atoms with van der Waals surface area (Å²) in [5, 5.41) is 0. The van der Waals surface area contributed by atoms with Gasteiger partial charge in [-0.15, -0.1) is 0 Å². The Kier molecular flexibility index (Phi) is 9.83. The summed E-state index contributed by atoms with van der Waals surface area (Å²) in [6.07, 6.45) is 24.4. The summed E-state index contributed by atoms with van der Waals surface area (Å²) >= 11 is 0. The van der Waals surface area contributed by atoms with Gasteiger partial charge in [0.2, 0.25) is 0 Å². The highest BCUT2D eigenvalue weighted by atomic mass is 19.2. The van der Waals surface area contributed by atoms with E-state index in [-0.39, 0.29) is 5.92 Å². The van der Waals surface area contributed by atoms with E-state index in [0.717, 1.165) is 55.3 Å². The van der Waals surface area contributed by atoms with Gasteiger partial charge in [-0.05, 0) is 105 Å². The average Bonchev–Trinajstić information content (AvgIpc) is 2.87. The lowest BCUT2D eigenvalue weighted by atomic mass is 9.67. The van der Waals surface area contributed by atoms with E-state index in [4.69, 9.17) is 0 Å². The van der Waals surface area contributed by atoms with Crippen LogP contribution in [0.2, 0.25) is 0 Å². The zero-order valence-electron chi connectivity index (χ0n) is 21.5. The molecule has 3 aliphatic carbocycles. The van der Waals surface area contributed by atoms with Gasteiger partial charge in [0.05, 0.1) is 0 Å². The van der Waals surface area contributed by atoms with Crippen molar-refractivity contribution in [3.05, 3.63) is 35.1 Å². The molecule has 192 valence electrons. The van der Waals surface area contributed by atoms with Crippen LogP contribution in [0.15, 0.2) is 12.1 Å². The first-order valence-corrected chi connectivity index (χ1v) is 14.7. The first-order chi connectivity index (χ1) is 16.5. The number of hydrogen-bond acceptors (Lipinski definition) is 0. The molecule has 0 amide bonds.